The molecule has 0 radical (unpaired) electrons. The monoisotopic (exact) mass is 300 g/mol. The van der Waals surface area contributed by atoms with Gasteiger partial charge in [-0.25, -0.2) is 4.98 Å². The molecule has 6 heteroatoms. The summed E-state index contributed by atoms with van der Waals surface area (Å²) in [5, 5.41) is 7.17. The van der Waals surface area contributed by atoms with Crippen LogP contribution in [0, 0.1) is 0 Å². The van der Waals surface area contributed by atoms with Gasteiger partial charge in [0, 0.05) is 30.7 Å². The summed E-state index contributed by atoms with van der Waals surface area (Å²) in [5.74, 6) is 0. The van der Waals surface area contributed by atoms with Crippen LogP contribution >= 0.6 is 27.3 Å². The first-order chi connectivity index (χ1) is 7.56. The number of nitrogens with two attached hydrogens (primary N) is 1. The van der Waals surface area contributed by atoms with Crippen molar-refractivity contribution in [2.75, 3.05) is 6.54 Å². The van der Waals surface area contributed by atoms with Gasteiger partial charge in [-0.3, -0.25) is 4.68 Å². The summed E-state index contributed by atoms with van der Waals surface area (Å²) in [6.07, 6.45) is 3.84. The first kappa shape index (κ1) is 11.8. The van der Waals surface area contributed by atoms with E-state index < -0.39 is 0 Å². The lowest BCUT2D eigenvalue weighted by Crippen LogP contribution is -2.32. The first-order valence-electron chi connectivity index (χ1n) is 4.87. The van der Waals surface area contributed by atoms with Crippen LogP contribution in [0.3, 0.4) is 0 Å². The van der Waals surface area contributed by atoms with Gasteiger partial charge in [0.2, 0.25) is 0 Å². The summed E-state index contributed by atoms with van der Waals surface area (Å²) < 4.78 is 2.64. The van der Waals surface area contributed by atoms with E-state index in [1.807, 2.05) is 24.8 Å². The Kier molecular flexibility index (Phi) is 3.14. The topological polar surface area (TPSA) is 56.7 Å². The van der Waals surface area contributed by atoms with Gasteiger partial charge < -0.3 is 5.73 Å². The minimum Gasteiger partial charge on any atom is -0.329 e. The Morgan fingerprint density at radius 3 is 2.81 bits per heavy atom. The third-order valence-electron chi connectivity index (χ3n) is 2.70. The fraction of sp³-hybridized carbons (Fsp3) is 0.400. The number of aromatic nitrogens is 3. The molecule has 0 amide bonds. The molecule has 2 N–H and O–H groups in total. The van der Waals surface area contributed by atoms with Crippen LogP contribution < -0.4 is 5.73 Å². The predicted molar refractivity (Wildman–Crippen MR) is 68.5 cm³/mol. The third-order valence-corrected chi connectivity index (χ3v) is 4.51. The SMILES string of the molecule is Cn1cc(C(C)(CN)c2nc(Br)cs2)cn1. The van der Waals surface area contributed by atoms with Gasteiger partial charge in [0.05, 0.1) is 11.6 Å². The van der Waals surface area contributed by atoms with E-state index in [0.717, 1.165) is 15.2 Å². The molecule has 2 heterocycles. The zero-order chi connectivity index (χ0) is 11.8. The zero-order valence-corrected chi connectivity index (χ0v) is 11.5. The summed E-state index contributed by atoms with van der Waals surface area (Å²) in [7, 11) is 1.90. The van der Waals surface area contributed by atoms with Crippen LogP contribution in [-0.4, -0.2) is 21.3 Å². The molecule has 86 valence electrons. The van der Waals surface area contributed by atoms with Crippen LogP contribution in [0.2, 0.25) is 0 Å². The standard InChI is InChI=1S/C10H13BrN4S/c1-10(6-12,7-3-13-15(2)4-7)9-14-8(11)5-16-9/h3-5H,6,12H2,1-2H3. The molecule has 4 nitrogen and oxygen atoms in total. The smallest absolute Gasteiger partial charge is 0.117 e. The highest BCUT2D eigenvalue weighted by atomic mass is 79.9. The number of rotatable bonds is 3. The van der Waals surface area contributed by atoms with Crippen LogP contribution in [0.5, 0.6) is 0 Å². The fourth-order valence-corrected chi connectivity index (χ4v) is 2.99. The van der Waals surface area contributed by atoms with E-state index in [0.29, 0.717) is 6.54 Å². The van der Waals surface area contributed by atoms with Crippen molar-refractivity contribution in [2.24, 2.45) is 12.8 Å². The third kappa shape index (κ3) is 1.92. The molecule has 16 heavy (non-hydrogen) atoms. The van der Waals surface area contributed by atoms with E-state index in [-0.39, 0.29) is 5.41 Å². The molecule has 0 saturated heterocycles. The molecule has 2 aromatic heterocycles. The highest BCUT2D eigenvalue weighted by Crippen LogP contribution is 2.33. The van der Waals surface area contributed by atoms with Crippen molar-refractivity contribution in [2.45, 2.75) is 12.3 Å². The average molecular weight is 301 g/mol. The molecule has 2 rings (SSSR count). The fourth-order valence-electron chi connectivity index (χ4n) is 1.54. The van der Waals surface area contributed by atoms with E-state index in [1.54, 1.807) is 16.0 Å². The summed E-state index contributed by atoms with van der Waals surface area (Å²) in [4.78, 5) is 4.46. The van der Waals surface area contributed by atoms with Crippen molar-refractivity contribution in [3.63, 3.8) is 0 Å². The summed E-state index contributed by atoms with van der Waals surface area (Å²) in [6.45, 7) is 2.61. The van der Waals surface area contributed by atoms with Crippen LogP contribution in [-0.2, 0) is 12.5 Å². The second-order valence-electron chi connectivity index (χ2n) is 3.91. The van der Waals surface area contributed by atoms with Crippen molar-refractivity contribution >= 4 is 27.3 Å². The van der Waals surface area contributed by atoms with Gasteiger partial charge in [-0.2, -0.15) is 5.10 Å². The van der Waals surface area contributed by atoms with E-state index in [2.05, 4.69) is 32.9 Å². The molecule has 0 aliphatic heterocycles. The molecule has 0 saturated carbocycles. The quantitative estimate of drug-likeness (QED) is 0.942. The highest BCUT2D eigenvalue weighted by Gasteiger charge is 2.31. The number of halogens is 1. The molecule has 0 bridgehead atoms. The number of hydrogen-bond acceptors (Lipinski definition) is 4. The Hall–Kier alpha value is -0.720. The second kappa shape index (κ2) is 4.27. The molecule has 0 aliphatic rings. The number of hydrogen-bond donors (Lipinski definition) is 1. The Morgan fingerprint density at radius 2 is 2.38 bits per heavy atom. The minimum atomic E-state index is -0.259. The van der Waals surface area contributed by atoms with Gasteiger partial charge in [0.1, 0.15) is 9.61 Å². The highest BCUT2D eigenvalue weighted by molar-refractivity contribution is 9.10. The van der Waals surface area contributed by atoms with Crippen LogP contribution in [0.1, 0.15) is 17.5 Å². The van der Waals surface area contributed by atoms with Crippen LogP contribution in [0.15, 0.2) is 22.4 Å². The minimum absolute atomic E-state index is 0.259. The number of nitrogens with zero attached hydrogens (tertiary/aromatic N) is 3. The predicted octanol–water partition coefficient (Wildman–Crippen LogP) is 1.90. The van der Waals surface area contributed by atoms with Crippen LogP contribution in [0.4, 0.5) is 0 Å². The van der Waals surface area contributed by atoms with E-state index >= 15 is 0 Å². The molecule has 2 aromatic rings. The molecule has 1 atom stereocenters. The van der Waals surface area contributed by atoms with Gasteiger partial charge in [-0.15, -0.1) is 11.3 Å². The Morgan fingerprint density at radius 1 is 1.62 bits per heavy atom. The van der Waals surface area contributed by atoms with Gasteiger partial charge in [0.15, 0.2) is 0 Å². The summed E-state index contributed by atoms with van der Waals surface area (Å²) in [5.41, 5.74) is 6.74. The van der Waals surface area contributed by atoms with E-state index in [1.165, 1.54) is 0 Å². The lowest BCUT2D eigenvalue weighted by atomic mass is 9.85. The van der Waals surface area contributed by atoms with Gasteiger partial charge in [0.25, 0.3) is 0 Å². The van der Waals surface area contributed by atoms with Crippen molar-refractivity contribution in [1.29, 1.82) is 0 Å². The second-order valence-corrected chi connectivity index (χ2v) is 5.58. The van der Waals surface area contributed by atoms with Crippen molar-refractivity contribution in [1.82, 2.24) is 14.8 Å². The summed E-state index contributed by atoms with van der Waals surface area (Å²) in [6, 6.07) is 0. The van der Waals surface area contributed by atoms with E-state index in [4.69, 9.17) is 5.73 Å². The molecule has 1 unspecified atom stereocenters. The van der Waals surface area contributed by atoms with Crippen molar-refractivity contribution < 1.29 is 0 Å². The van der Waals surface area contributed by atoms with E-state index in [9.17, 15) is 0 Å². The molecular weight excluding hydrogens is 288 g/mol. The molecule has 0 fully saturated rings. The largest absolute Gasteiger partial charge is 0.329 e. The summed E-state index contributed by atoms with van der Waals surface area (Å²) >= 11 is 4.98. The van der Waals surface area contributed by atoms with Gasteiger partial charge >= 0.3 is 0 Å². The average Bonchev–Trinajstić information content (AvgIpc) is 2.86. The lowest BCUT2D eigenvalue weighted by Gasteiger charge is -2.23. The maximum atomic E-state index is 5.90. The maximum absolute atomic E-state index is 5.90. The van der Waals surface area contributed by atoms with Crippen LogP contribution in [0.25, 0.3) is 0 Å². The van der Waals surface area contributed by atoms with Crippen molar-refractivity contribution in [3.05, 3.63) is 32.9 Å². The molecule has 0 aromatic carbocycles. The maximum Gasteiger partial charge on any atom is 0.117 e. The lowest BCUT2D eigenvalue weighted by molar-refractivity contribution is 0.578. The van der Waals surface area contributed by atoms with Gasteiger partial charge in [-0.05, 0) is 22.9 Å². The Bertz CT molecular complexity index is 450. The number of thiazole rings is 1. The van der Waals surface area contributed by atoms with Crippen molar-refractivity contribution in [3.8, 4) is 0 Å². The normalized spacial score (nSPS) is 15.0. The molecule has 0 spiro atoms. The first-order valence-corrected chi connectivity index (χ1v) is 6.54. The van der Waals surface area contributed by atoms with Gasteiger partial charge in [-0.1, -0.05) is 0 Å². The molecular formula is C10H13BrN4S. The Balaban J connectivity index is 2.47. The zero-order valence-electron chi connectivity index (χ0n) is 9.14. The number of aryl methyl sites for hydroxylation is 1. The Labute approximate surface area is 107 Å². The molecule has 0 aliphatic carbocycles.